The number of hydrogen-bond donors (Lipinski definition) is 1. The molecule has 1 rings (SSSR count). The maximum absolute atomic E-state index is 10.6. The van der Waals surface area contributed by atoms with E-state index in [1.807, 2.05) is 0 Å². The lowest BCUT2D eigenvalue weighted by Crippen LogP contribution is -2.03. The lowest BCUT2D eigenvalue weighted by atomic mass is 10.1. The van der Waals surface area contributed by atoms with E-state index in [1.165, 1.54) is 12.1 Å². The summed E-state index contributed by atoms with van der Waals surface area (Å²) < 4.78 is 0. The fourth-order valence-electron chi connectivity index (χ4n) is 1.11. The van der Waals surface area contributed by atoms with Crippen LogP contribution >= 0.6 is 11.6 Å². The molecule has 0 aliphatic rings. The summed E-state index contributed by atoms with van der Waals surface area (Å²) in [6, 6.07) is 4.35. The van der Waals surface area contributed by atoms with Gasteiger partial charge in [0.2, 0.25) is 0 Å². The van der Waals surface area contributed by atoms with E-state index in [4.69, 9.17) is 22.6 Å². The number of rotatable bonds is 2. The van der Waals surface area contributed by atoms with Crippen LogP contribution in [-0.4, -0.2) is 4.92 Å². The van der Waals surface area contributed by atoms with Crippen molar-refractivity contribution in [2.75, 3.05) is 0 Å². The lowest BCUT2D eigenvalue weighted by Gasteiger charge is -2.01. The molecule has 0 unspecified atom stereocenters. The highest BCUT2D eigenvalue weighted by atomic mass is 35.5. The van der Waals surface area contributed by atoms with Crippen LogP contribution in [0.4, 0.5) is 5.69 Å². The van der Waals surface area contributed by atoms with E-state index in [0.717, 1.165) is 0 Å². The van der Waals surface area contributed by atoms with Gasteiger partial charge in [0.25, 0.3) is 5.69 Å². The van der Waals surface area contributed by atoms with Crippen molar-refractivity contribution in [3.8, 4) is 6.07 Å². The van der Waals surface area contributed by atoms with Crippen LogP contribution in [0.15, 0.2) is 12.1 Å². The number of nitro groups is 1. The van der Waals surface area contributed by atoms with Gasteiger partial charge in [-0.3, -0.25) is 10.1 Å². The van der Waals surface area contributed by atoms with Crippen molar-refractivity contribution >= 4 is 17.3 Å². The van der Waals surface area contributed by atoms with Crippen LogP contribution in [0.25, 0.3) is 0 Å². The van der Waals surface area contributed by atoms with Crippen molar-refractivity contribution in [3.05, 3.63) is 38.4 Å². The van der Waals surface area contributed by atoms with Gasteiger partial charge in [0.05, 0.1) is 4.92 Å². The predicted molar refractivity (Wildman–Crippen MR) is 50.7 cm³/mol. The fraction of sp³-hybridized carbons (Fsp3) is 0.125. The van der Waals surface area contributed by atoms with Crippen LogP contribution in [0.2, 0.25) is 5.02 Å². The molecule has 72 valence electrons. The number of nitriles is 1. The first-order valence-corrected chi connectivity index (χ1v) is 4.05. The SMILES string of the molecule is N#Cc1cc(Cl)cc(CN)c1[N+](=O)[O-]. The molecule has 0 aliphatic carbocycles. The van der Waals surface area contributed by atoms with Crippen LogP contribution in [-0.2, 0) is 6.54 Å². The molecule has 1 aromatic rings. The predicted octanol–water partition coefficient (Wildman–Crippen LogP) is 1.58. The first kappa shape index (κ1) is 10.4. The number of hydrogen-bond acceptors (Lipinski definition) is 4. The van der Waals surface area contributed by atoms with Crippen LogP contribution in [0.5, 0.6) is 0 Å². The van der Waals surface area contributed by atoms with Crippen molar-refractivity contribution < 1.29 is 4.92 Å². The first-order chi connectivity index (χ1) is 6.60. The molecule has 5 nitrogen and oxygen atoms in total. The Morgan fingerprint density at radius 2 is 2.29 bits per heavy atom. The van der Waals surface area contributed by atoms with Gasteiger partial charge in [0.1, 0.15) is 11.6 Å². The van der Waals surface area contributed by atoms with Gasteiger partial charge in [-0.15, -0.1) is 0 Å². The molecule has 0 fully saturated rings. The Bertz CT molecular complexity index is 425. The molecule has 1 aromatic carbocycles. The maximum Gasteiger partial charge on any atom is 0.291 e. The molecule has 0 amide bonds. The highest BCUT2D eigenvalue weighted by Crippen LogP contribution is 2.27. The molecular formula is C8H6ClN3O2. The highest BCUT2D eigenvalue weighted by molar-refractivity contribution is 6.30. The molecule has 6 heteroatoms. The van der Waals surface area contributed by atoms with E-state index < -0.39 is 4.92 Å². The summed E-state index contributed by atoms with van der Waals surface area (Å²) in [5, 5.41) is 19.6. The summed E-state index contributed by atoms with van der Waals surface area (Å²) in [4.78, 5) is 10.00. The van der Waals surface area contributed by atoms with Crippen LogP contribution in [0.3, 0.4) is 0 Å². The summed E-state index contributed by atoms with van der Waals surface area (Å²) in [7, 11) is 0. The van der Waals surface area contributed by atoms with Crippen molar-refractivity contribution in [2.24, 2.45) is 5.73 Å². The Morgan fingerprint density at radius 3 is 2.71 bits per heavy atom. The van der Waals surface area contributed by atoms with E-state index in [2.05, 4.69) is 0 Å². The third-order valence-corrected chi connectivity index (χ3v) is 1.89. The van der Waals surface area contributed by atoms with E-state index in [9.17, 15) is 10.1 Å². The summed E-state index contributed by atoms with van der Waals surface area (Å²) in [5.74, 6) is 0. The van der Waals surface area contributed by atoms with Crippen LogP contribution in [0, 0.1) is 21.4 Å². The van der Waals surface area contributed by atoms with Gasteiger partial charge in [-0.25, -0.2) is 0 Å². The zero-order valence-electron chi connectivity index (χ0n) is 7.03. The molecule has 0 saturated carbocycles. The Kier molecular flexibility index (Phi) is 3.02. The van der Waals surface area contributed by atoms with E-state index in [-0.39, 0.29) is 28.4 Å². The lowest BCUT2D eigenvalue weighted by molar-refractivity contribution is -0.385. The van der Waals surface area contributed by atoms with E-state index in [1.54, 1.807) is 6.07 Å². The molecule has 0 heterocycles. The zero-order valence-corrected chi connectivity index (χ0v) is 7.78. The van der Waals surface area contributed by atoms with Gasteiger partial charge < -0.3 is 5.73 Å². The number of nitro benzene ring substituents is 1. The van der Waals surface area contributed by atoms with Crippen molar-refractivity contribution in [1.82, 2.24) is 0 Å². The number of nitrogens with two attached hydrogens (primary N) is 1. The summed E-state index contributed by atoms with van der Waals surface area (Å²) in [5.41, 5.74) is 5.24. The smallest absolute Gasteiger partial charge is 0.291 e. The van der Waals surface area contributed by atoms with Gasteiger partial charge in [-0.1, -0.05) is 11.6 Å². The summed E-state index contributed by atoms with van der Waals surface area (Å²) >= 11 is 5.65. The largest absolute Gasteiger partial charge is 0.326 e. The molecule has 2 N–H and O–H groups in total. The summed E-state index contributed by atoms with van der Waals surface area (Å²) in [6.07, 6.45) is 0. The normalized spacial score (nSPS) is 9.50. The van der Waals surface area contributed by atoms with E-state index >= 15 is 0 Å². The van der Waals surface area contributed by atoms with Crippen molar-refractivity contribution in [3.63, 3.8) is 0 Å². The third-order valence-electron chi connectivity index (χ3n) is 1.68. The van der Waals surface area contributed by atoms with Crippen molar-refractivity contribution in [1.29, 1.82) is 5.26 Å². The minimum absolute atomic E-state index is 0.0223. The molecule has 0 spiro atoms. The van der Waals surface area contributed by atoms with Gasteiger partial charge >= 0.3 is 0 Å². The minimum Gasteiger partial charge on any atom is -0.326 e. The van der Waals surface area contributed by atoms with Gasteiger partial charge in [0, 0.05) is 17.1 Å². The molecule has 0 atom stereocenters. The second-order valence-corrected chi connectivity index (χ2v) is 2.97. The summed E-state index contributed by atoms with van der Waals surface area (Å²) in [6.45, 7) is -0.0223. The highest BCUT2D eigenvalue weighted by Gasteiger charge is 2.19. The van der Waals surface area contributed by atoms with Gasteiger partial charge in [0.15, 0.2) is 0 Å². The fourth-order valence-corrected chi connectivity index (χ4v) is 1.35. The van der Waals surface area contributed by atoms with Gasteiger partial charge in [-0.05, 0) is 12.1 Å². The van der Waals surface area contributed by atoms with Crippen LogP contribution in [0.1, 0.15) is 11.1 Å². The van der Waals surface area contributed by atoms with Gasteiger partial charge in [-0.2, -0.15) is 5.26 Å². The first-order valence-electron chi connectivity index (χ1n) is 3.67. The topological polar surface area (TPSA) is 93.0 Å². The average Bonchev–Trinajstić information content (AvgIpc) is 2.15. The molecule has 0 aromatic heterocycles. The molecule has 14 heavy (non-hydrogen) atoms. The molecular weight excluding hydrogens is 206 g/mol. The monoisotopic (exact) mass is 211 g/mol. The van der Waals surface area contributed by atoms with Crippen LogP contribution < -0.4 is 5.73 Å². The third kappa shape index (κ3) is 1.82. The number of halogens is 1. The van der Waals surface area contributed by atoms with Crippen molar-refractivity contribution in [2.45, 2.75) is 6.54 Å². The second-order valence-electron chi connectivity index (χ2n) is 2.53. The average molecular weight is 212 g/mol. The Balaban J connectivity index is 3.50. The standard InChI is InChI=1S/C8H6ClN3O2/c9-7-1-5(3-10)8(12(13)14)6(2-7)4-11/h1-2H,3,10H2. The molecule has 0 saturated heterocycles. The second kappa shape index (κ2) is 4.05. The molecule has 0 aliphatic heterocycles. The number of benzene rings is 1. The quantitative estimate of drug-likeness (QED) is 0.594. The number of nitrogens with zero attached hydrogens (tertiary/aromatic N) is 2. The molecule has 0 radical (unpaired) electrons. The van der Waals surface area contributed by atoms with E-state index in [0.29, 0.717) is 0 Å². The zero-order chi connectivity index (χ0) is 10.7. The minimum atomic E-state index is -0.628. The Hall–Kier alpha value is -1.64. The maximum atomic E-state index is 10.6. The molecule has 0 bridgehead atoms. The Morgan fingerprint density at radius 1 is 1.64 bits per heavy atom. The Labute approximate surface area is 84.8 Å².